The number of hydrogen-bond acceptors (Lipinski definition) is 3. The van der Waals surface area contributed by atoms with E-state index in [0.29, 0.717) is 12.1 Å². The first-order valence-corrected chi connectivity index (χ1v) is 11.5. The lowest BCUT2D eigenvalue weighted by atomic mass is 10.1. The lowest BCUT2D eigenvalue weighted by Crippen LogP contribution is -2.40. The molecule has 7 heteroatoms. The molecule has 0 atom stereocenters. The van der Waals surface area contributed by atoms with Crippen molar-refractivity contribution in [2.75, 3.05) is 32.7 Å². The van der Waals surface area contributed by atoms with Crippen LogP contribution in [0.5, 0.6) is 0 Å². The summed E-state index contributed by atoms with van der Waals surface area (Å²) in [5.74, 6) is 0.782. The average Bonchev–Trinajstić information content (AvgIpc) is 2.97. The van der Waals surface area contributed by atoms with Crippen LogP contribution in [-0.2, 0) is 6.54 Å². The van der Waals surface area contributed by atoms with Gasteiger partial charge in [0.15, 0.2) is 5.96 Å². The Bertz CT molecular complexity index is 679. The predicted octanol–water partition coefficient (Wildman–Crippen LogP) is 4.15. The highest BCUT2D eigenvalue weighted by Gasteiger charge is 2.15. The maximum absolute atomic E-state index is 12.4. The molecule has 0 saturated carbocycles. The molecule has 1 heterocycles. The molecule has 1 saturated heterocycles. The van der Waals surface area contributed by atoms with Crippen molar-refractivity contribution >= 4 is 35.8 Å². The number of benzene rings is 1. The summed E-state index contributed by atoms with van der Waals surface area (Å²) in [5.41, 5.74) is 1.45. The summed E-state index contributed by atoms with van der Waals surface area (Å²) in [6.45, 7) is 13.9. The maximum atomic E-state index is 12.4. The zero-order valence-electron chi connectivity index (χ0n) is 19.8. The number of carbonyl (C=O) groups excluding carboxylic acids is 1. The normalized spacial score (nSPS) is 15.5. The Morgan fingerprint density at radius 3 is 2.45 bits per heavy atom. The van der Waals surface area contributed by atoms with E-state index in [1.54, 1.807) is 0 Å². The predicted molar refractivity (Wildman–Crippen MR) is 141 cm³/mol. The Labute approximate surface area is 206 Å². The molecule has 31 heavy (non-hydrogen) atoms. The smallest absolute Gasteiger partial charge is 0.251 e. The first-order valence-electron chi connectivity index (χ1n) is 11.5. The van der Waals surface area contributed by atoms with Crippen molar-refractivity contribution in [1.82, 2.24) is 20.9 Å². The maximum Gasteiger partial charge on any atom is 0.251 e. The van der Waals surface area contributed by atoms with Gasteiger partial charge in [-0.25, -0.2) is 4.99 Å². The van der Waals surface area contributed by atoms with Gasteiger partial charge in [0.1, 0.15) is 0 Å². The Morgan fingerprint density at radius 1 is 1.10 bits per heavy atom. The number of aliphatic imine (C=N–C) groups is 1. The third kappa shape index (κ3) is 11.7. The minimum Gasteiger partial charge on any atom is -0.357 e. The van der Waals surface area contributed by atoms with Gasteiger partial charge in [-0.3, -0.25) is 4.79 Å². The number of carbonyl (C=O) groups is 1. The van der Waals surface area contributed by atoms with Crippen molar-refractivity contribution in [2.45, 2.75) is 71.9 Å². The van der Waals surface area contributed by atoms with Gasteiger partial charge >= 0.3 is 0 Å². The Kier molecular flexibility index (Phi) is 13.1. The number of nitrogens with zero attached hydrogens (tertiary/aromatic N) is 2. The molecule has 1 fully saturated rings. The average molecular weight is 544 g/mol. The molecule has 0 radical (unpaired) electrons. The number of amides is 1. The molecule has 0 unspecified atom stereocenters. The van der Waals surface area contributed by atoms with Gasteiger partial charge in [-0.1, -0.05) is 25.0 Å². The minimum atomic E-state index is -0.249. The standard InChI is InChI=1S/C24H41N5O.HI/c1-5-25-23(26-14-11-17-29-15-8-6-7-9-16-29)27-19-20-12-10-13-21(18-20)22(30)28-24(2,3)4;/h10,12-13,18H,5-9,11,14-17,19H2,1-4H3,(H,28,30)(H2,25,26,27);1H. The number of halogens is 1. The zero-order chi connectivity index (χ0) is 21.8. The van der Waals surface area contributed by atoms with Crippen LogP contribution in [0.1, 0.15) is 75.7 Å². The SMILES string of the molecule is CCNC(=NCc1cccc(C(=O)NC(C)(C)C)c1)NCCCN1CCCCCC1.I. The van der Waals surface area contributed by atoms with Gasteiger partial charge in [0.05, 0.1) is 6.54 Å². The van der Waals surface area contributed by atoms with Gasteiger partial charge in [-0.15, -0.1) is 24.0 Å². The van der Waals surface area contributed by atoms with Crippen LogP contribution < -0.4 is 16.0 Å². The first kappa shape index (κ1) is 27.7. The minimum absolute atomic E-state index is 0. The fraction of sp³-hybridized carbons (Fsp3) is 0.667. The number of hydrogen-bond donors (Lipinski definition) is 3. The van der Waals surface area contributed by atoms with Crippen molar-refractivity contribution in [3.8, 4) is 0 Å². The van der Waals surface area contributed by atoms with Crippen LogP contribution in [0.3, 0.4) is 0 Å². The van der Waals surface area contributed by atoms with Crippen LogP contribution in [0.15, 0.2) is 29.3 Å². The van der Waals surface area contributed by atoms with E-state index in [-0.39, 0.29) is 35.4 Å². The van der Waals surface area contributed by atoms with E-state index in [1.807, 2.05) is 45.0 Å². The van der Waals surface area contributed by atoms with Gasteiger partial charge in [0.25, 0.3) is 5.91 Å². The summed E-state index contributed by atoms with van der Waals surface area (Å²) >= 11 is 0. The van der Waals surface area contributed by atoms with E-state index in [4.69, 9.17) is 4.99 Å². The van der Waals surface area contributed by atoms with Crippen molar-refractivity contribution in [2.24, 2.45) is 4.99 Å². The molecule has 1 aliphatic rings. The third-order valence-corrected chi connectivity index (χ3v) is 5.08. The molecular weight excluding hydrogens is 501 g/mol. The summed E-state index contributed by atoms with van der Waals surface area (Å²) in [6.07, 6.45) is 6.55. The molecule has 1 aliphatic heterocycles. The van der Waals surface area contributed by atoms with E-state index in [0.717, 1.165) is 37.6 Å². The molecular formula is C24H42IN5O. The molecule has 1 aromatic rings. The van der Waals surface area contributed by atoms with Gasteiger partial charge in [0, 0.05) is 24.2 Å². The molecule has 0 spiro atoms. The highest BCUT2D eigenvalue weighted by Crippen LogP contribution is 2.10. The Balaban J connectivity index is 0.00000480. The second-order valence-electron chi connectivity index (χ2n) is 9.14. The molecule has 1 amide bonds. The summed E-state index contributed by atoms with van der Waals surface area (Å²) in [5, 5.41) is 9.77. The number of nitrogens with one attached hydrogen (secondary N) is 3. The van der Waals surface area contributed by atoms with Crippen molar-refractivity contribution in [3.05, 3.63) is 35.4 Å². The lowest BCUT2D eigenvalue weighted by molar-refractivity contribution is 0.0919. The fourth-order valence-corrected chi connectivity index (χ4v) is 3.61. The van der Waals surface area contributed by atoms with E-state index < -0.39 is 0 Å². The largest absolute Gasteiger partial charge is 0.357 e. The van der Waals surface area contributed by atoms with E-state index >= 15 is 0 Å². The second-order valence-corrected chi connectivity index (χ2v) is 9.14. The van der Waals surface area contributed by atoms with Crippen LogP contribution in [0.2, 0.25) is 0 Å². The van der Waals surface area contributed by atoms with E-state index in [9.17, 15) is 4.79 Å². The van der Waals surface area contributed by atoms with Crippen molar-refractivity contribution in [3.63, 3.8) is 0 Å². The van der Waals surface area contributed by atoms with Crippen molar-refractivity contribution in [1.29, 1.82) is 0 Å². The molecule has 1 aromatic carbocycles. The number of guanidine groups is 1. The van der Waals surface area contributed by atoms with E-state index in [1.165, 1.54) is 38.8 Å². The monoisotopic (exact) mass is 543 g/mol. The molecule has 6 nitrogen and oxygen atoms in total. The van der Waals surface area contributed by atoms with Crippen LogP contribution >= 0.6 is 24.0 Å². The second kappa shape index (κ2) is 14.7. The van der Waals surface area contributed by atoms with Crippen LogP contribution in [0.25, 0.3) is 0 Å². The summed E-state index contributed by atoms with van der Waals surface area (Å²) in [7, 11) is 0. The summed E-state index contributed by atoms with van der Waals surface area (Å²) < 4.78 is 0. The Morgan fingerprint density at radius 2 is 1.81 bits per heavy atom. The van der Waals surface area contributed by atoms with Gasteiger partial charge in [-0.2, -0.15) is 0 Å². The van der Waals surface area contributed by atoms with Gasteiger partial charge < -0.3 is 20.9 Å². The first-order chi connectivity index (χ1) is 14.4. The quantitative estimate of drug-likeness (QED) is 0.200. The van der Waals surface area contributed by atoms with Crippen molar-refractivity contribution < 1.29 is 4.79 Å². The molecule has 3 N–H and O–H groups in total. The fourth-order valence-electron chi connectivity index (χ4n) is 3.61. The molecule has 0 bridgehead atoms. The number of likely N-dealkylation sites (tertiary alicyclic amines) is 1. The number of rotatable bonds is 8. The third-order valence-electron chi connectivity index (χ3n) is 5.08. The topological polar surface area (TPSA) is 68.8 Å². The molecule has 176 valence electrons. The van der Waals surface area contributed by atoms with Crippen LogP contribution in [0, 0.1) is 0 Å². The summed E-state index contributed by atoms with van der Waals surface area (Å²) in [6, 6.07) is 7.71. The lowest BCUT2D eigenvalue weighted by Gasteiger charge is -2.20. The molecule has 2 rings (SSSR count). The highest BCUT2D eigenvalue weighted by atomic mass is 127. The summed E-state index contributed by atoms with van der Waals surface area (Å²) in [4.78, 5) is 19.7. The Hall–Kier alpha value is -1.35. The van der Waals surface area contributed by atoms with E-state index in [2.05, 4.69) is 27.8 Å². The van der Waals surface area contributed by atoms with Crippen LogP contribution in [0.4, 0.5) is 0 Å². The van der Waals surface area contributed by atoms with Gasteiger partial charge in [-0.05, 0) is 84.3 Å². The van der Waals surface area contributed by atoms with Gasteiger partial charge in [0.2, 0.25) is 0 Å². The highest BCUT2D eigenvalue weighted by molar-refractivity contribution is 14.0. The van der Waals surface area contributed by atoms with Crippen LogP contribution in [-0.4, -0.2) is 55.0 Å². The zero-order valence-corrected chi connectivity index (χ0v) is 22.1. The molecule has 0 aromatic heterocycles. The molecule has 0 aliphatic carbocycles.